The van der Waals surface area contributed by atoms with E-state index < -0.39 is 17.2 Å². The van der Waals surface area contributed by atoms with Crippen LogP contribution in [0.3, 0.4) is 0 Å². The molecule has 1 aliphatic carbocycles. The third-order valence-corrected chi connectivity index (χ3v) is 4.41. The van der Waals surface area contributed by atoms with Crippen molar-refractivity contribution in [3.63, 3.8) is 0 Å². The van der Waals surface area contributed by atoms with Crippen LogP contribution in [0, 0.1) is 11.2 Å². The Balaban J connectivity index is 1.96. The summed E-state index contributed by atoms with van der Waals surface area (Å²) in [6.45, 7) is 0. The maximum absolute atomic E-state index is 14.0. The Morgan fingerprint density at radius 1 is 1.19 bits per heavy atom. The summed E-state index contributed by atoms with van der Waals surface area (Å²) in [7, 11) is 0. The Hall–Kier alpha value is -1.87. The average molecular weight is 305 g/mol. The van der Waals surface area contributed by atoms with Crippen molar-refractivity contribution in [2.75, 3.05) is 0 Å². The van der Waals surface area contributed by atoms with E-state index in [0.717, 1.165) is 11.1 Å². The maximum atomic E-state index is 14.0. The van der Waals surface area contributed by atoms with Crippen LogP contribution in [0.2, 0.25) is 5.02 Å². The van der Waals surface area contributed by atoms with Gasteiger partial charge in [-0.25, -0.2) is 4.39 Å². The molecule has 0 saturated heterocycles. The summed E-state index contributed by atoms with van der Waals surface area (Å²) in [5.74, 6) is -1.33. The molecular weight excluding hydrogens is 291 g/mol. The van der Waals surface area contributed by atoms with E-state index in [4.69, 9.17) is 11.6 Å². The molecule has 0 fully saturated rings. The van der Waals surface area contributed by atoms with E-state index in [2.05, 4.69) is 0 Å². The Bertz CT molecular complexity index is 687. The van der Waals surface area contributed by atoms with Gasteiger partial charge < -0.3 is 5.11 Å². The summed E-state index contributed by atoms with van der Waals surface area (Å²) in [5, 5.41) is 10.0. The van der Waals surface area contributed by atoms with E-state index in [0.29, 0.717) is 23.4 Å². The molecule has 0 aliphatic heterocycles. The first-order valence-corrected chi connectivity index (χ1v) is 7.12. The summed E-state index contributed by atoms with van der Waals surface area (Å²) in [6, 6.07) is 12.1. The van der Waals surface area contributed by atoms with Gasteiger partial charge in [-0.3, -0.25) is 4.79 Å². The first-order chi connectivity index (χ1) is 10.00. The van der Waals surface area contributed by atoms with Crippen LogP contribution in [0.15, 0.2) is 42.5 Å². The number of benzene rings is 2. The van der Waals surface area contributed by atoms with Crippen LogP contribution >= 0.6 is 11.6 Å². The summed E-state index contributed by atoms with van der Waals surface area (Å²) in [6.07, 6.45) is 1.03. The number of hydrogen-bond acceptors (Lipinski definition) is 1. The summed E-state index contributed by atoms with van der Waals surface area (Å²) < 4.78 is 14.0. The van der Waals surface area contributed by atoms with Crippen molar-refractivity contribution in [1.82, 2.24) is 0 Å². The van der Waals surface area contributed by atoms with Crippen LogP contribution in [0.25, 0.3) is 0 Å². The number of aliphatic carboxylic acids is 1. The largest absolute Gasteiger partial charge is 0.481 e. The molecule has 0 heterocycles. The molecule has 1 N–H and O–H groups in total. The molecule has 0 aromatic heterocycles. The second-order valence-electron chi connectivity index (χ2n) is 5.62. The highest BCUT2D eigenvalue weighted by atomic mass is 35.5. The van der Waals surface area contributed by atoms with E-state index in [9.17, 15) is 14.3 Å². The van der Waals surface area contributed by atoms with Crippen molar-refractivity contribution >= 4 is 17.6 Å². The van der Waals surface area contributed by atoms with Gasteiger partial charge in [0.05, 0.1) is 5.41 Å². The molecule has 108 valence electrons. The Morgan fingerprint density at radius 3 is 2.33 bits per heavy atom. The zero-order chi connectivity index (χ0) is 15.0. The van der Waals surface area contributed by atoms with Crippen molar-refractivity contribution in [3.8, 4) is 0 Å². The van der Waals surface area contributed by atoms with Crippen molar-refractivity contribution in [2.45, 2.75) is 19.3 Å². The lowest BCUT2D eigenvalue weighted by Gasteiger charge is -2.24. The van der Waals surface area contributed by atoms with Crippen molar-refractivity contribution < 1.29 is 14.3 Å². The number of carboxylic acids is 1. The van der Waals surface area contributed by atoms with Gasteiger partial charge in [0, 0.05) is 5.02 Å². The lowest BCUT2D eigenvalue weighted by atomic mass is 9.79. The lowest BCUT2D eigenvalue weighted by Crippen LogP contribution is -2.34. The zero-order valence-electron chi connectivity index (χ0n) is 11.3. The summed E-state index contributed by atoms with van der Waals surface area (Å²) >= 11 is 5.75. The second-order valence-corrected chi connectivity index (χ2v) is 6.06. The number of fused-ring (bicyclic) bond motifs is 1. The number of halogens is 2. The Morgan fingerprint density at radius 2 is 1.81 bits per heavy atom. The highest BCUT2D eigenvalue weighted by Gasteiger charge is 2.44. The highest BCUT2D eigenvalue weighted by molar-refractivity contribution is 6.30. The molecule has 0 radical (unpaired) electrons. The van der Waals surface area contributed by atoms with Crippen LogP contribution in [-0.4, -0.2) is 11.1 Å². The standard InChI is InChI=1S/C17H14ClFO2/c18-14-6-5-13(15(19)7-14)10-17(16(20)21)8-11-3-1-2-4-12(11)9-17/h1-7H,8-10H2,(H,20,21). The number of rotatable bonds is 3. The van der Waals surface area contributed by atoms with Crippen LogP contribution in [0.4, 0.5) is 4.39 Å². The predicted octanol–water partition coefficient (Wildman–Crippen LogP) is 3.89. The maximum Gasteiger partial charge on any atom is 0.310 e. The minimum absolute atomic E-state index is 0.167. The number of carboxylic acid groups (broad SMARTS) is 1. The number of hydrogen-bond donors (Lipinski definition) is 1. The molecule has 4 heteroatoms. The smallest absolute Gasteiger partial charge is 0.310 e. The van der Waals surface area contributed by atoms with Crippen LogP contribution in [0.5, 0.6) is 0 Å². The van der Waals surface area contributed by atoms with Gasteiger partial charge in [0.15, 0.2) is 0 Å². The average Bonchev–Trinajstić information content (AvgIpc) is 2.81. The fraction of sp³-hybridized carbons (Fsp3) is 0.235. The molecule has 0 atom stereocenters. The highest BCUT2D eigenvalue weighted by Crippen LogP contribution is 2.40. The van der Waals surface area contributed by atoms with Gasteiger partial charge in [0.1, 0.15) is 5.82 Å². The topological polar surface area (TPSA) is 37.3 Å². The monoisotopic (exact) mass is 304 g/mol. The molecule has 2 nitrogen and oxygen atoms in total. The third kappa shape index (κ3) is 2.54. The fourth-order valence-corrected chi connectivity index (χ4v) is 3.23. The van der Waals surface area contributed by atoms with Crippen molar-refractivity contribution in [3.05, 3.63) is 70.0 Å². The first-order valence-electron chi connectivity index (χ1n) is 6.74. The molecule has 0 bridgehead atoms. The van der Waals surface area contributed by atoms with Gasteiger partial charge in [0.2, 0.25) is 0 Å². The molecule has 0 spiro atoms. The van der Waals surface area contributed by atoms with Gasteiger partial charge in [-0.2, -0.15) is 0 Å². The molecule has 1 aliphatic rings. The van der Waals surface area contributed by atoms with Crippen LogP contribution < -0.4 is 0 Å². The third-order valence-electron chi connectivity index (χ3n) is 4.17. The molecule has 0 unspecified atom stereocenters. The van der Waals surface area contributed by atoms with E-state index in [-0.39, 0.29) is 6.42 Å². The summed E-state index contributed by atoms with van der Waals surface area (Å²) in [4.78, 5) is 11.8. The molecule has 2 aromatic carbocycles. The normalized spacial score (nSPS) is 15.7. The fourth-order valence-electron chi connectivity index (χ4n) is 3.08. The van der Waals surface area contributed by atoms with Gasteiger partial charge in [-0.15, -0.1) is 0 Å². The van der Waals surface area contributed by atoms with Crippen molar-refractivity contribution in [2.24, 2.45) is 5.41 Å². The van der Waals surface area contributed by atoms with Gasteiger partial charge >= 0.3 is 5.97 Å². The van der Waals surface area contributed by atoms with Gasteiger partial charge in [0.25, 0.3) is 0 Å². The minimum Gasteiger partial charge on any atom is -0.481 e. The van der Waals surface area contributed by atoms with Gasteiger partial charge in [-0.1, -0.05) is 41.9 Å². The van der Waals surface area contributed by atoms with Gasteiger partial charge in [-0.05, 0) is 48.1 Å². The van der Waals surface area contributed by atoms with Crippen molar-refractivity contribution in [1.29, 1.82) is 0 Å². The van der Waals surface area contributed by atoms with Crippen LogP contribution in [-0.2, 0) is 24.1 Å². The molecule has 0 amide bonds. The second kappa shape index (κ2) is 5.15. The van der Waals surface area contributed by atoms with E-state index in [1.807, 2.05) is 24.3 Å². The molecule has 2 aromatic rings. The quantitative estimate of drug-likeness (QED) is 0.934. The molecule has 0 saturated carbocycles. The Labute approximate surface area is 127 Å². The minimum atomic E-state index is -0.974. The molecule has 21 heavy (non-hydrogen) atoms. The molecular formula is C17H14ClFO2. The summed E-state index contributed by atoms with van der Waals surface area (Å²) in [5.41, 5.74) is 1.50. The van der Waals surface area contributed by atoms with E-state index in [1.165, 1.54) is 6.07 Å². The van der Waals surface area contributed by atoms with E-state index >= 15 is 0 Å². The first kappa shape index (κ1) is 14.1. The zero-order valence-corrected chi connectivity index (χ0v) is 12.0. The van der Waals surface area contributed by atoms with E-state index in [1.54, 1.807) is 12.1 Å². The predicted molar refractivity (Wildman–Crippen MR) is 79.0 cm³/mol. The molecule has 3 rings (SSSR count). The van der Waals surface area contributed by atoms with Crippen LogP contribution in [0.1, 0.15) is 16.7 Å². The Kier molecular flexibility index (Phi) is 3.46. The lowest BCUT2D eigenvalue weighted by molar-refractivity contribution is -0.148. The SMILES string of the molecule is O=C(O)C1(Cc2ccc(Cl)cc2F)Cc2ccccc2C1. The number of carbonyl (C=O) groups is 1.